The smallest absolute Gasteiger partial charge is 0.00237 e. The molecule has 10 heavy (non-hydrogen) atoms. The Labute approximate surface area is 77.9 Å². The van der Waals surface area contributed by atoms with Crippen LogP contribution in [0.5, 0.6) is 0 Å². The van der Waals surface area contributed by atoms with Crippen LogP contribution in [0.4, 0.5) is 0 Å². The summed E-state index contributed by atoms with van der Waals surface area (Å²) in [6, 6.07) is 0. The molecule has 0 spiro atoms. The highest BCUT2D eigenvalue weighted by Gasteiger charge is 2.18. The van der Waals surface area contributed by atoms with Gasteiger partial charge in [-0.15, -0.1) is 0 Å². The maximum absolute atomic E-state index is 2.52. The summed E-state index contributed by atoms with van der Waals surface area (Å²) in [6.07, 6.45) is 7.48. The summed E-state index contributed by atoms with van der Waals surface area (Å²) < 4.78 is 1.35. The third-order valence-electron chi connectivity index (χ3n) is 2.70. The first-order chi connectivity index (χ1) is 4.84. The molecule has 1 fully saturated rings. The Morgan fingerprint density at radius 3 is 2.40 bits per heavy atom. The second kappa shape index (κ2) is 4.58. The van der Waals surface area contributed by atoms with Crippen molar-refractivity contribution in [2.24, 2.45) is 11.8 Å². The van der Waals surface area contributed by atoms with E-state index in [0.717, 1.165) is 11.8 Å². The van der Waals surface area contributed by atoms with Crippen LogP contribution in [0.2, 0.25) is 0 Å². The van der Waals surface area contributed by atoms with Gasteiger partial charge < -0.3 is 0 Å². The number of hydrogen-bond donors (Lipinski definition) is 0. The molecule has 0 amide bonds. The molecule has 0 N–H and O–H groups in total. The first-order valence-electron chi connectivity index (χ1n) is 4.40. The van der Waals surface area contributed by atoms with Gasteiger partial charge in [0, 0.05) is 4.43 Å². The van der Waals surface area contributed by atoms with E-state index in [1.165, 1.54) is 36.5 Å². The third-order valence-corrected chi connectivity index (χ3v) is 4.09. The predicted molar refractivity (Wildman–Crippen MR) is 54.6 cm³/mol. The van der Waals surface area contributed by atoms with Gasteiger partial charge in [0.25, 0.3) is 0 Å². The molecular formula is C9H17I. The average molecular weight is 252 g/mol. The molecule has 1 atom stereocenters. The van der Waals surface area contributed by atoms with Gasteiger partial charge in [0.15, 0.2) is 0 Å². The van der Waals surface area contributed by atoms with Crippen LogP contribution < -0.4 is 0 Å². The Hall–Kier alpha value is 0.730. The molecular weight excluding hydrogens is 235 g/mol. The van der Waals surface area contributed by atoms with Gasteiger partial charge in [-0.25, -0.2) is 0 Å². The van der Waals surface area contributed by atoms with Crippen molar-refractivity contribution in [1.82, 2.24) is 0 Å². The SMILES string of the molecule is CC(CI)C1CCCCC1. The summed E-state index contributed by atoms with van der Waals surface area (Å²) >= 11 is 2.52. The van der Waals surface area contributed by atoms with Crippen molar-refractivity contribution in [3.63, 3.8) is 0 Å². The van der Waals surface area contributed by atoms with Crippen molar-refractivity contribution in [2.75, 3.05) is 4.43 Å². The monoisotopic (exact) mass is 252 g/mol. The molecule has 1 unspecified atom stereocenters. The van der Waals surface area contributed by atoms with Gasteiger partial charge in [0.05, 0.1) is 0 Å². The maximum Gasteiger partial charge on any atom is 0.00237 e. The van der Waals surface area contributed by atoms with Gasteiger partial charge in [-0.3, -0.25) is 0 Å². The Morgan fingerprint density at radius 1 is 1.30 bits per heavy atom. The number of hydrogen-bond acceptors (Lipinski definition) is 0. The summed E-state index contributed by atoms with van der Waals surface area (Å²) in [6.45, 7) is 2.41. The molecule has 0 aliphatic heterocycles. The van der Waals surface area contributed by atoms with Crippen LogP contribution in [0.15, 0.2) is 0 Å². The Morgan fingerprint density at radius 2 is 1.90 bits per heavy atom. The van der Waals surface area contributed by atoms with Crippen LogP contribution in [0.1, 0.15) is 39.0 Å². The standard InChI is InChI=1S/C9H17I/c1-8(7-10)9-5-3-2-4-6-9/h8-9H,2-7H2,1H3. The summed E-state index contributed by atoms with van der Waals surface area (Å²) in [5.74, 6) is 2.03. The molecule has 0 aromatic carbocycles. The zero-order valence-electron chi connectivity index (χ0n) is 6.78. The molecule has 0 radical (unpaired) electrons. The highest BCUT2D eigenvalue weighted by molar-refractivity contribution is 14.1. The van der Waals surface area contributed by atoms with Crippen molar-refractivity contribution < 1.29 is 0 Å². The average Bonchev–Trinajstić information content (AvgIpc) is 2.05. The van der Waals surface area contributed by atoms with Crippen LogP contribution in [-0.2, 0) is 0 Å². The largest absolute Gasteiger partial charge is 0.0861 e. The van der Waals surface area contributed by atoms with Gasteiger partial charge in [0.1, 0.15) is 0 Å². The summed E-state index contributed by atoms with van der Waals surface area (Å²) in [5, 5.41) is 0. The number of alkyl halides is 1. The number of rotatable bonds is 2. The van der Waals surface area contributed by atoms with E-state index in [2.05, 4.69) is 29.5 Å². The third kappa shape index (κ3) is 2.40. The van der Waals surface area contributed by atoms with Crippen molar-refractivity contribution in [3.8, 4) is 0 Å². The molecule has 1 heteroatoms. The molecule has 1 saturated carbocycles. The lowest BCUT2D eigenvalue weighted by molar-refractivity contribution is 0.285. The molecule has 0 heterocycles. The van der Waals surface area contributed by atoms with Crippen molar-refractivity contribution in [2.45, 2.75) is 39.0 Å². The van der Waals surface area contributed by atoms with Crippen molar-refractivity contribution in [3.05, 3.63) is 0 Å². The van der Waals surface area contributed by atoms with E-state index in [1.54, 1.807) is 0 Å². The molecule has 1 aliphatic carbocycles. The van der Waals surface area contributed by atoms with Gasteiger partial charge in [0.2, 0.25) is 0 Å². The Kier molecular flexibility index (Phi) is 4.04. The van der Waals surface area contributed by atoms with Crippen LogP contribution >= 0.6 is 22.6 Å². The quantitative estimate of drug-likeness (QED) is 0.520. The second-order valence-electron chi connectivity index (χ2n) is 3.53. The first-order valence-corrected chi connectivity index (χ1v) is 5.93. The molecule has 0 saturated heterocycles. The van der Waals surface area contributed by atoms with E-state index in [-0.39, 0.29) is 0 Å². The molecule has 0 aromatic rings. The van der Waals surface area contributed by atoms with E-state index in [1.807, 2.05) is 0 Å². The molecule has 0 aromatic heterocycles. The molecule has 0 bridgehead atoms. The predicted octanol–water partition coefficient (Wildman–Crippen LogP) is 3.64. The highest BCUT2D eigenvalue weighted by atomic mass is 127. The molecule has 0 nitrogen and oxygen atoms in total. The second-order valence-corrected chi connectivity index (χ2v) is 4.41. The van der Waals surface area contributed by atoms with E-state index in [9.17, 15) is 0 Å². The van der Waals surface area contributed by atoms with E-state index < -0.39 is 0 Å². The fourth-order valence-electron chi connectivity index (χ4n) is 1.83. The van der Waals surface area contributed by atoms with Crippen molar-refractivity contribution in [1.29, 1.82) is 0 Å². The van der Waals surface area contributed by atoms with Crippen LogP contribution in [0, 0.1) is 11.8 Å². The van der Waals surface area contributed by atoms with Crippen LogP contribution in [0.3, 0.4) is 0 Å². The van der Waals surface area contributed by atoms with Crippen LogP contribution in [0.25, 0.3) is 0 Å². The molecule has 1 aliphatic rings. The minimum Gasteiger partial charge on any atom is -0.0861 e. The summed E-state index contributed by atoms with van der Waals surface area (Å²) in [5.41, 5.74) is 0. The summed E-state index contributed by atoms with van der Waals surface area (Å²) in [4.78, 5) is 0. The Bertz CT molecular complexity index is 84.7. The topological polar surface area (TPSA) is 0 Å². The first kappa shape index (κ1) is 8.82. The lowest BCUT2D eigenvalue weighted by Gasteiger charge is -2.26. The number of halogens is 1. The van der Waals surface area contributed by atoms with E-state index in [0.29, 0.717) is 0 Å². The van der Waals surface area contributed by atoms with Gasteiger partial charge in [-0.05, 0) is 11.8 Å². The minimum atomic E-state index is 0.973. The van der Waals surface area contributed by atoms with E-state index in [4.69, 9.17) is 0 Å². The van der Waals surface area contributed by atoms with Gasteiger partial charge in [-0.2, -0.15) is 0 Å². The maximum atomic E-state index is 2.52. The summed E-state index contributed by atoms with van der Waals surface area (Å²) in [7, 11) is 0. The van der Waals surface area contributed by atoms with Crippen LogP contribution in [-0.4, -0.2) is 4.43 Å². The minimum absolute atomic E-state index is 0.973. The Balaban J connectivity index is 2.24. The van der Waals surface area contributed by atoms with Gasteiger partial charge >= 0.3 is 0 Å². The lowest BCUT2D eigenvalue weighted by Crippen LogP contribution is -2.15. The zero-order valence-corrected chi connectivity index (χ0v) is 8.93. The van der Waals surface area contributed by atoms with Crippen molar-refractivity contribution >= 4 is 22.6 Å². The molecule has 60 valence electrons. The zero-order chi connectivity index (χ0) is 7.40. The molecule has 1 rings (SSSR count). The van der Waals surface area contributed by atoms with E-state index >= 15 is 0 Å². The normalized spacial score (nSPS) is 24.6. The fraction of sp³-hybridized carbons (Fsp3) is 1.00. The van der Waals surface area contributed by atoms with Gasteiger partial charge in [-0.1, -0.05) is 61.6 Å². The highest BCUT2D eigenvalue weighted by Crippen LogP contribution is 2.30. The fourth-order valence-corrected chi connectivity index (χ4v) is 2.55. The lowest BCUT2D eigenvalue weighted by atomic mass is 9.82.